The molecule has 6 nitrogen and oxygen atoms in total. The maximum Gasteiger partial charge on any atom is 0.243 e. The zero-order valence-corrected chi connectivity index (χ0v) is 11.0. The van der Waals surface area contributed by atoms with E-state index in [4.69, 9.17) is 5.73 Å². The lowest BCUT2D eigenvalue weighted by atomic mass is 10.3. The molecule has 0 aromatic heterocycles. The highest BCUT2D eigenvalue weighted by molar-refractivity contribution is 7.89. The Hall–Kier alpha value is -1.31. The summed E-state index contributed by atoms with van der Waals surface area (Å²) in [5, 5.41) is 9.49. The molecule has 1 saturated heterocycles. The number of sulfonamides is 1. The number of rotatable bonds is 2. The van der Waals surface area contributed by atoms with Gasteiger partial charge in [-0.25, -0.2) is 8.42 Å². The number of nitrogens with zero attached hydrogens (tertiary/aromatic N) is 2. The number of anilines is 1. The molecule has 1 aromatic carbocycles. The maximum absolute atomic E-state index is 12.3. The van der Waals surface area contributed by atoms with E-state index in [9.17, 15) is 13.5 Å². The molecule has 1 aliphatic heterocycles. The van der Waals surface area contributed by atoms with Crippen LogP contribution in [0.3, 0.4) is 0 Å². The summed E-state index contributed by atoms with van der Waals surface area (Å²) in [6.07, 6.45) is 0. The first-order valence-electron chi connectivity index (χ1n) is 5.68. The van der Waals surface area contributed by atoms with Crippen molar-refractivity contribution in [2.75, 3.05) is 39.0 Å². The summed E-state index contributed by atoms with van der Waals surface area (Å²) in [7, 11) is -1.58. The number of likely N-dealkylation sites (N-methyl/N-ethyl adjacent to an activating group) is 1. The van der Waals surface area contributed by atoms with Gasteiger partial charge in [-0.3, -0.25) is 0 Å². The molecule has 0 atom stereocenters. The van der Waals surface area contributed by atoms with Gasteiger partial charge in [-0.1, -0.05) is 0 Å². The summed E-state index contributed by atoms with van der Waals surface area (Å²) in [5.74, 6) is -0.204. The third-order valence-electron chi connectivity index (χ3n) is 3.10. The second-order valence-corrected chi connectivity index (χ2v) is 6.37. The molecule has 3 N–H and O–H groups in total. The molecule has 0 spiro atoms. The first-order chi connectivity index (χ1) is 8.41. The lowest BCUT2D eigenvalue weighted by Gasteiger charge is -2.31. The summed E-state index contributed by atoms with van der Waals surface area (Å²) in [4.78, 5) is 2.16. The summed E-state index contributed by atoms with van der Waals surface area (Å²) in [6, 6.07) is 4.02. The number of benzene rings is 1. The van der Waals surface area contributed by atoms with Gasteiger partial charge < -0.3 is 15.7 Å². The van der Waals surface area contributed by atoms with Gasteiger partial charge in [0.2, 0.25) is 10.0 Å². The highest BCUT2D eigenvalue weighted by Crippen LogP contribution is 2.25. The molecule has 0 saturated carbocycles. The molecule has 1 fully saturated rings. The molecule has 2 rings (SSSR count). The van der Waals surface area contributed by atoms with E-state index in [1.807, 2.05) is 7.05 Å². The molecule has 0 radical (unpaired) electrons. The molecular weight excluding hydrogens is 254 g/mol. The highest BCUT2D eigenvalue weighted by atomic mass is 32.2. The molecule has 1 aliphatic rings. The van der Waals surface area contributed by atoms with E-state index in [0.29, 0.717) is 26.2 Å². The quantitative estimate of drug-likeness (QED) is 0.580. The molecule has 0 bridgehead atoms. The average molecular weight is 271 g/mol. The number of phenols is 1. The molecule has 0 unspecified atom stereocenters. The number of aromatic hydroxyl groups is 1. The Kier molecular flexibility index (Phi) is 3.47. The van der Waals surface area contributed by atoms with E-state index < -0.39 is 10.0 Å². The fraction of sp³-hybridized carbons (Fsp3) is 0.455. The minimum absolute atomic E-state index is 0.0822. The smallest absolute Gasteiger partial charge is 0.243 e. The number of nitrogens with two attached hydrogens (primary N) is 1. The zero-order chi connectivity index (χ0) is 13.3. The molecule has 1 aromatic rings. The van der Waals surface area contributed by atoms with Crippen molar-refractivity contribution in [3.63, 3.8) is 0 Å². The predicted octanol–water partition coefficient (Wildman–Crippen LogP) is -0.0895. The minimum Gasteiger partial charge on any atom is -0.506 e. The second kappa shape index (κ2) is 4.75. The van der Waals surface area contributed by atoms with Crippen LogP contribution in [-0.2, 0) is 10.0 Å². The Morgan fingerprint density at radius 2 is 1.83 bits per heavy atom. The Balaban J connectivity index is 2.27. The third-order valence-corrected chi connectivity index (χ3v) is 5.00. The lowest BCUT2D eigenvalue weighted by Crippen LogP contribution is -2.46. The Labute approximate surface area is 107 Å². The van der Waals surface area contributed by atoms with E-state index in [-0.39, 0.29) is 16.3 Å². The molecule has 18 heavy (non-hydrogen) atoms. The van der Waals surface area contributed by atoms with Gasteiger partial charge in [-0.05, 0) is 19.2 Å². The number of hydrogen-bond donors (Lipinski definition) is 2. The van der Waals surface area contributed by atoms with E-state index in [0.717, 1.165) is 0 Å². The van der Waals surface area contributed by atoms with Crippen LogP contribution in [-0.4, -0.2) is 56.0 Å². The van der Waals surface area contributed by atoms with Gasteiger partial charge in [0.05, 0.1) is 10.6 Å². The molecule has 1 heterocycles. The van der Waals surface area contributed by atoms with Crippen LogP contribution in [0.5, 0.6) is 5.75 Å². The van der Waals surface area contributed by atoms with E-state index in [2.05, 4.69) is 4.90 Å². The molecular formula is C11H17N3O3S. The first kappa shape index (κ1) is 13.1. The van der Waals surface area contributed by atoms with E-state index >= 15 is 0 Å². The van der Waals surface area contributed by atoms with Gasteiger partial charge in [-0.15, -0.1) is 0 Å². The van der Waals surface area contributed by atoms with Crippen LogP contribution in [0.25, 0.3) is 0 Å². The summed E-state index contributed by atoms with van der Waals surface area (Å²) in [5.41, 5.74) is 5.64. The van der Waals surface area contributed by atoms with Gasteiger partial charge >= 0.3 is 0 Å². The van der Waals surface area contributed by atoms with Crippen LogP contribution in [0, 0.1) is 0 Å². The van der Waals surface area contributed by atoms with Crippen molar-refractivity contribution in [2.45, 2.75) is 4.90 Å². The van der Waals surface area contributed by atoms with Crippen molar-refractivity contribution >= 4 is 15.7 Å². The van der Waals surface area contributed by atoms with Crippen molar-refractivity contribution in [2.24, 2.45) is 0 Å². The monoisotopic (exact) mass is 271 g/mol. The Morgan fingerprint density at radius 1 is 1.22 bits per heavy atom. The number of nitrogen functional groups attached to an aromatic ring is 1. The highest BCUT2D eigenvalue weighted by Gasteiger charge is 2.27. The number of phenolic OH excluding ortho intramolecular Hbond substituents is 1. The van der Waals surface area contributed by atoms with E-state index in [1.165, 1.54) is 22.5 Å². The summed E-state index contributed by atoms with van der Waals surface area (Å²) in [6.45, 7) is 2.34. The maximum atomic E-state index is 12.3. The van der Waals surface area contributed by atoms with Gasteiger partial charge in [0.15, 0.2) is 0 Å². The van der Waals surface area contributed by atoms with Crippen molar-refractivity contribution in [1.82, 2.24) is 9.21 Å². The van der Waals surface area contributed by atoms with Crippen LogP contribution in [0.2, 0.25) is 0 Å². The largest absolute Gasteiger partial charge is 0.506 e. The van der Waals surface area contributed by atoms with Crippen LogP contribution < -0.4 is 5.73 Å². The second-order valence-electron chi connectivity index (χ2n) is 4.43. The standard InChI is InChI=1S/C11H17N3O3S/c1-13-4-6-14(7-5-13)18(16,17)9-2-3-10(12)11(15)8-9/h2-3,8,15H,4-7,12H2,1H3. The van der Waals surface area contributed by atoms with Crippen molar-refractivity contribution in [1.29, 1.82) is 0 Å². The van der Waals surface area contributed by atoms with Gasteiger partial charge in [0.25, 0.3) is 0 Å². The van der Waals surface area contributed by atoms with E-state index in [1.54, 1.807) is 0 Å². The average Bonchev–Trinajstić information content (AvgIpc) is 2.33. The molecule has 7 heteroatoms. The normalized spacial score (nSPS) is 18.9. The molecule has 0 aliphatic carbocycles. The first-order valence-corrected chi connectivity index (χ1v) is 7.12. The zero-order valence-electron chi connectivity index (χ0n) is 10.2. The van der Waals surface area contributed by atoms with Crippen molar-refractivity contribution < 1.29 is 13.5 Å². The number of piperazine rings is 1. The van der Waals surface area contributed by atoms with Gasteiger partial charge in [0.1, 0.15) is 5.75 Å². The SMILES string of the molecule is CN1CCN(S(=O)(=O)c2ccc(N)c(O)c2)CC1. The summed E-state index contributed by atoms with van der Waals surface area (Å²) >= 11 is 0. The molecule has 0 amide bonds. The number of hydrogen-bond acceptors (Lipinski definition) is 5. The Bertz CT molecular complexity index is 536. The van der Waals surface area contributed by atoms with Crippen LogP contribution in [0.1, 0.15) is 0 Å². The van der Waals surface area contributed by atoms with Crippen molar-refractivity contribution in [3.05, 3.63) is 18.2 Å². The lowest BCUT2D eigenvalue weighted by molar-refractivity contribution is 0.222. The van der Waals surface area contributed by atoms with Gasteiger partial charge in [-0.2, -0.15) is 4.31 Å². The molecule has 100 valence electrons. The topological polar surface area (TPSA) is 86.9 Å². The van der Waals surface area contributed by atoms with Gasteiger partial charge in [0, 0.05) is 32.2 Å². The fourth-order valence-corrected chi connectivity index (χ4v) is 3.30. The third kappa shape index (κ3) is 2.43. The predicted molar refractivity (Wildman–Crippen MR) is 68.8 cm³/mol. The van der Waals surface area contributed by atoms with Crippen LogP contribution in [0.4, 0.5) is 5.69 Å². The fourth-order valence-electron chi connectivity index (χ4n) is 1.86. The van der Waals surface area contributed by atoms with Crippen molar-refractivity contribution in [3.8, 4) is 5.75 Å². The van der Waals surface area contributed by atoms with Crippen LogP contribution >= 0.6 is 0 Å². The Morgan fingerprint density at radius 3 is 2.39 bits per heavy atom. The van der Waals surface area contributed by atoms with Crippen LogP contribution in [0.15, 0.2) is 23.1 Å². The minimum atomic E-state index is -3.53. The summed E-state index contributed by atoms with van der Waals surface area (Å²) < 4.78 is 26.1.